The third kappa shape index (κ3) is 2.85. The van der Waals surface area contributed by atoms with Crippen molar-refractivity contribution in [3.05, 3.63) is 0 Å². The molecule has 0 spiro atoms. The molecule has 0 atom stereocenters. The van der Waals surface area contributed by atoms with Gasteiger partial charge in [-0.1, -0.05) is 48.3 Å². The maximum absolute atomic E-state index is 5.96. The Bertz CT molecular complexity index is 80.9. The highest BCUT2D eigenvalue weighted by Crippen LogP contribution is 2.29. The van der Waals surface area contributed by atoms with E-state index in [1.807, 2.05) is 0 Å². The second kappa shape index (κ2) is 3.19. The quantitative estimate of drug-likeness (QED) is 0.299. The van der Waals surface area contributed by atoms with Crippen LogP contribution in [-0.2, 0) is 0 Å². The zero-order valence-corrected chi connectivity index (χ0v) is 7.86. The Balaban J connectivity index is 2.36. The summed E-state index contributed by atoms with van der Waals surface area (Å²) in [6.45, 7) is 0. The normalized spacial score (nSPS) is 27.3. The largest absolute Gasteiger partial charge is 0.317 e. The highest BCUT2D eigenvalue weighted by Gasteiger charge is 2.21. The number of halogens is 1. The fourth-order valence-corrected chi connectivity index (χ4v) is 2.08. The number of nitrogens with two attached hydrogens (primary N) is 1. The molecule has 9 heavy (non-hydrogen) atoms. The highest BCUT2D eigenvalue weighted by molar-refractivity contribution is 14.1. The van der Waals surface area contributed by atoms with Crippen LogP contribution < -0.4 is 5.73 Å². The van der Waals surface area contributed by atoms with E-state index in [4.69, 9.17) is 5.73 Å². The average Bonchev–Trinajstić information content (AvgIpc) is 1.92. The maximum atomic E-state index is 5.96. The highest BCUT2D eigenvalue weighted by atomic mass is 127. The third-order valence-electron chi connectivity index (χ3n) is 1.93. The van der Waals surface area contributed by atoms with Gasteiger partial charge in [0.2, 0.25) is 0 Å². The van der Waals surface area contributed by atoms with Crippen LogP contribution in [0.2, 0.25) is 0 Å². The van der Waals surface area contributed by atoms with Crippen molar-refractivity contribution in [3.63, 3.8) is 0 Å². The molecule has 1 aliphatic carbocycles. The van der Waals surface area contributed by atoms with Crippen molar-refractivity contribution in [1.29, 1.82) is 0 Å². The molecule has 0 unspecified atom stereocenters. The molecule has 1 saturated carbocycles. The molecule has 0 amide bonds. The molecule has 0 heterocycles. The lowest BCUT2D eigenvalue weighted by Gasteiger charge is -2.18. The van der Waals surface area contributed by atoms with Crippen molar-refractivity contribution in [2.45, 2.75) is 42.1 Å². The summed E-state index contributed by atoms with van der Waals surface area (Å²) in [6.07, 6.45) is 7.88. The monoisotopic (exact) mass is 239 g/mol. The lowest BCUT2D eigenvalue weighted by molar-refractivity contribution is 0.559. The zero-order valence-electron chi connectivity index (χ0n) is 5.70. The minimum atomic E-state index is 0.133. The fourth-order valence-electron chi connectivity index (χ4n) is 1.32. The van der Waals surface area contributed by atoms with Gasteiger partial charge in [0.1, 0.15) is 0 Å². The lowest BCUT2D eigenvalue weighted by atomic mass is 10.1. The molecule has 54 valence electrons. The Labute approximate surface area is 70.5 Å². The summed E-state index contributed by atoms with van der Waals surface area (Å²) < 4.78 is 0.133. The minimum Gasteiger partial charge on any atom is -0.317 e. The molecule has 1 rings (SSSR count). The van der Waals surface area contributed by atoms with Crippen LogP contribution in [0.1, 0.15) is 38.5 Å². The van der Waals surface area contributed by atoms with Crippen LogP contribution in [0.3, 0.4) is 0 Å². The second-order valence-corrected chi connectivity index (χ2v) is 5.10. The van der Waals surface area contributed by atoms with Crippen LogP contribution in [0.4, 0.5) is 0 Å². The van der Waals surface area contributed by atoms with Gasteiger partial charge in [-0.25, -0.2) is 0 Å². The molecule has 2 heteroatoms. The molecule has 0 radical (unpaired) electrons. The van der Waals surface area contributed by atoms with Gasteiger partial charge in [-0.3, -0.25) is 0 Å². The fraction of sp³-hybridized carbons (Fsp3) is 1.00. The van der Waals surface area contributed by atoms with Crippen molar-refractivity contribution in [1.82, 2.24) is 0 Å². The van der Waals surface area contributed by atoms with Crippen LogP contribution in [0.25, 0.3) is 0 Å². The minimum absolute atomic E-state index is 0.133. The summed E-state index contributed by atoms with van der Waals surface area (Å²) in [6, 6.07) is 0. The smallest absolute Gasteiger partial charge is 0.0680 e. The van der Waals surface area contributed by atoms with Gasteiger partial charge >= 0.3 is 0 Å². The molecule has 0 aromatic rings. The topological polar surface area (TPSA) is 26.0 Å². The van der Waals surface area contributed by atoms with Crippen molar-refractivity contribution < 1.29 is 0 Å². The molecule has 0 saturated heterocycles. The van der Waals surface area contributed by atoms with Crippen LogP contribution in [0.5, 0.6) is 0 Å². The standard InChI is InChI=1S/C7H14IN/c8-7(9)5-3-1-2-4-6-7/h1-6,9H2. The van der Waals surface area contributed by atoms with Gasteiger partial charge in [0, 0.05) is 0 Å². The zero-order chi connectivity index (χ0) is 6.74. The Kier molecular flexibility index (Phi) is 2.76. The Morgan fingerprint density at radius 2 is 1.44 bits per heavy atom. The Morgan fingerprint density at radius 1 is 1.00 bits per heavy atom. The van der Waals surface area contributed by atoms with Gasteiger partial charge in [-0.15, -0.1) is 0 Å². The maximum Gasteiger partial charge on any atom is 0.0680 e. The predicted molar refractivity (Wildman–Crippen MR) is 48.6 cm³/mol. The van der Waals surface area contributed by atoms with Crippen LogP contribution in [0, 0.1) is 0 Å². The van der Waals surface area contributed by atoms with E-state index in [1.165, 1.54) is 38.5 Å². The van der Waals surface area contributed by atoms with Crippen molar-refractivity contribution in [3.8, 4) is 0 Å². The van der Waals surface area contributed by atoms with Crippen molar-refractivity contribution >= 4 is 22.6 Å². The average molecular weight is 239 g/mol. The van der Waals surface area contributed by atoms with E-state index >= 15 is 0 Å². The van der Waals surface area contributed by atoms with E-state index in [9.17, 15) is 0 Å². The van der Waals surface area contributed by atoms with E-state index in [0.717, 1.165) is 0 Å². The van der Waals surface area contributed by atoms with Crippen LogP contribution >= 0.6 is 22.6 Å². The SMILES string of the molecule is NC1(I)CCCCCC1. The summed E-state index contributed by atoms with van der Waals surface area (Å²) in [5.41, 5.74) is 5.96. The third-order valence-corrected chi connectivity index (χ3v) is 3.01. The molecule has 0 aromatic carbocycles. The van der Waals surface area contributed by atoms with Gasteiger partial charge in [0.05, 0.1) is 3.55 Å². The van der Waals surface area contributed by atoms with E-state index in [2.05, 4.69) is 22.6 Å². The van der Waals surface area contributed by atoms with Gasteiger partial charge in [-0.2, -0.15) is 0 Å². The second-order valence-electron chi connectivity index (χ2n) is 2.95. The van der Waals surface area contributed by atoms with Crippen molar-refractivity contribution in [2.24, 2.45) is 5.73 Å². The molecule has 1 aliphatic rings. The van der Waals surface area contributed by atoms with E-state index < -0.39 is 0 Å². The van der Waals surface area contributed by atoms with E-state index in [1.54, 1.807) is 0 Å². The molecular formula is C7H14IN. The number of hydrogen-bond donors (Lipinski definition) is 1. The lowest BCUT2D eigenvalue weighted by Crippen LogP contribution is -2.30. The Morgan fingerprint density at radius 3 is 1.89 bits per heavy atom. The molecular weight excluding hydrogens is 225 g/mol. The number of hydrogen-bond acceptors (Lipinski definition) is 1. The molecule has 0 bridgehead atoms. The molecule has 0 aliphatic heterocycles. The summed E-state index contributed by atoms with van der Waals surface area (Å²) in [5.74, 6) is 0. The first kappa shape index (κ1) is 7.79. The predicted octanol–water partition coefficient (Wildman–Crippen LogP) is 2.43. The van der Waals surface area contributed by atoms with Crippen LogP contribution in [0.15, 0.2) is 0 Å². The molecule has 2 N–H and O–H groups in total. The first-order valence-corrected chi connectivity index (χ1v) is 4.76. The summed E-state index contributed by atoms with van der Waals surface area (Å²) in [5, 5.41) is 0. The number of alkyl halides is 1. The molecule has 0 aromatic heterocycles. The molecule has 1 fully saturated rings. The summed E-state index contributed by atoms with van der Waals surface area (Å²) >= 11 is 2.39. The van der Waals surface area contributed by atoms with Gasteiger partial charge in [-0.05, 0) is 12.8 Å². The summed E-state index contributed by atoms with van der Waals surface area (Å²) in [7, 11) is 0. The first-order chi connectivity index (χ1) is 4.21. The van der Waals surface area contributed by atoms with Crippen molar-refractivity contribution in [2.75, 3.05) is 0 Å². The van der Waals surface area contributed by atoms with Gasteiger partial charge in [0.15, 0.2) is 0 Å². The van der Waals surface area contributed by atoms with Crippen LogP contribution in [-0.4, -0.2) is 3.55 Å². The Hall–Kier alpha value is 0.690. The number of rotatable bonds is 0. The molecule has 1 nitrogen and oxygen atoms in total. The van der Waals surface area contributed by atoms with E-state index in [-0.39, 0.29) is 3.55 Å². The van der Waals surface area contributed by atoms with Gasteiger partial charge in [0.25, 0.3) is 0 Å². The first-order valence-electron chi connectivity index (χ1n) is 3.68. The summed E-state index contributed by atoms with van der Waals surface area (Å²) in [4.78, 5) is 0. The van der Waals surface area contributed by atoms with E-state index in [0.29, 0.717) is 0 Å². The van der Waals surface area contributed by atoms with Gasteiger partial charge < -0.3 is 5.73 Å².